The van der Waals surface area contributed by atoms with Crippen molar-refractivity contribution in [2.45, 2.75) is 26.3 Å². The minimum Gasteiger partial charge on any atom is -0.507 e. The van der Waals surface area contributed by atoms with Gasteiger partial charge in [-0.1, -0.05) is 19.1 Å². The molecule has 0 spiro atoms. The van der Waals surface area contributed by atoms with Gasteiger partial charge in [-0.15, -0.1) is 0 Å². The molecule has 0 saturated carbocycles. The van der Waals surface area contributed by atoms with Crippen LogP contribution in [0.5, 0.6) is 11.5 Å². The number of hydrogen-bond acceptors (Lipinski definition) is 7. The molecule has 0 radical (unpaired) electrons. The highest BCUT2D eigenvalue weighted by molar-refractivity contribution is 6.46. The molecular formula is C28H34N2O6. The van der Waals surface area contributed by atoms with Gasteiger partial charge in [0.2, 0.25) is 0 Å². The van der Waals surface area contributed by atoms with Crippen LogP contribution in [0.4, 0.5) is 0 Å². The van der Waals surface area contributed by atoms with Crippen LogP contribution in [-0.2, 0) is 14.3 Å². The molecule has 1 N–H and O–H groups in total. The van der Waals surface area contributed by atoms with E-state index in [9.17, 15) is 14.7 Å². The van der Waals surface area contributed by atoms with E-state index >= 15 is 0 Å². The first-order valence-corrected chi connectivity index (χ1v) is 12.6. The number of amides is 1. The summed E-state index contributed by atoms with van der Waals surface area (Å²) in [5, 5.41) is 11.3. The van der Waals surface area contributed by atoms with Gasteiger partial charge in [-0.05, 0) is 55.3 Å². The van der Waals surface area contributed by atoms with Crippen LogP contribution in [0.3, 0.4) is 0 Å². The Morgan fingerprint density at radius 1 is 0.944 bits per heavy atom. The Hall–Kier alpha value is -3.36. The number of morpholine rings is 1. The predicted molar refractivity (Wildman–Crippen MR) is 136 cm³/mol. The van der Waals surface area contributed by atoms with Gasteiger partial charge in [0.1, 0.15) is 17.3 Å². The third kappa shape index (κ3) is 5.71. The SMILES string of the molecule is CCCOc1ccc(C(O)=C2C(=O)C(=O)N(CCN3CCOCC3)[C@H]2c2ccc(OCC)cc2)cc1. The van der Waals surface area contributed by atoms with Crippen LogP contribution in [0, 0.1) is 0 Å². The molecule has 1 atom stereocenters. The molecule has 4 rings (SSSR count). The van der Waals surface area contributed by atoms with Crippen molar-refractivity contribution in [2.24, 2.45) is 0 Å². The zero-order chi connectivity index (χ0) is 25.5. The molecule has 2 aliphatic rings. The molecule has 0 bridgehead atoms. The van der Waals surface area contributed by atoms with Crippen molar-refractivity contribution in [2.75, 3.05) is 52.6 Å². The normalized spacial score (nSPS) is 20.1. The zero-order valence-electron chi connectivity index (χ0n) is 20.9. The molecule has 2 heterocycles. The summed E-state index contributed by atoms with van der Waals surface area (Å²) in [6.07, 6.45) is 0.887. The third-order valence-corrected chi connectivity index (χ3v) is 6.41. The second-order valence-corrected chi connectivity index (χ2v) is 8.82. The number of ketones is 1. The molecule has 0 aliphatic carbocycles. The van der Waals surface area contributed by atoms with Crippen LogP contribution in [0.2, 0.25) is 0 Å². The van der Waals surface area contributed by atoms with Crippen molar-refractivity contribution < 1.29 is 28.9 Å². The minimum atomic E-state index is -0.697. The lowest BCUT2D eigenvalue weighted by molar-refractivity contribution is -0.140. The summed E-state index contributed by atoms with van der Waals surface area (Å²) in [6, 6.07) is 13.6. The molecule has 192 valence electrons. The van der Waals surface area contributed by atoms with E-state index in [1.54, 1.807) is 29.2 Å². The van der Waals surface area contributed by atoms with Crippen molar-refractivity contribution in [3.8, 4) is 11.5 Å². The fourth-order valence-corrected chi connectivity index (χ4v) is 4.53. The van der Waals surface area contributed by atoms with Crippen LogP contribution in [0.1, 0.15) is 37.4 Å². The molecule has 2 aromatic carbocycles. The van der Waals surface area contributed by atoms with Gasteiger partial charge in [0.25, 0.3) is 11.7 Å². The third-order valence-electron chi connectivity index (χ3n) is 6.41. The van der Waals surface area contributed by atoms with Gasteiger partial charge in [-0.2, -0.15) is 0 Å². The number of nitrogens with zero attached hydrogens (tertiary/aromatic N) is 2. The van der Waals surface area contributed by atoms with Gasteiger partial charge in [-0.25, -0.2) is 0 Å². The summed E-state index contributed by atoms with van der Waals surface area (Å²) >= 11 is 0. The summed E-state index contributed by atoms with van der Waals surface area (Å²) in [6.45, 7) is 8.92. The van der Waals surface area contributed by atoms with Gasteiger partial charge >= 0.3 is 0 Å². The summed E-state index contributed by atoms with van der Waals surface area (Å²) in [7, 11) is 0. The Labute approximate surface area is 212 Å². The summed E-state index contributed by atoms with van der Waals surface area (Å²) in [5.74, 6) is -0.0916. The maximum Gasteiger partial charge on any atom is 0.295 e. The fraction of sp³-hybridized carbons (Fsp3) is 0.429. The Balaban J connectivity index is 1.68. The zero-order valence-corrected chi connectivity index (χ0v) is 20.9. The van der Waals surface area contributed by atoms with Crippen LogP contribution < -0.4 is 9.47 Å². The van der Waals surface area contributed by atoms with Crippen molar-refractivity contribution in [3.05, 3.63) is 65.2 Å². The highest BCUT2D eigenvalue weighted by Crippen LogP contribution is 2.40. The van der Waals surface area contributed by atoms with Crippen LogP contribution in [0.25, 0.3) is 5.76 Å². The van der Waals surface area contributed by atoms with E-state index in [2.05, 4.69) is 4.90 Å². The summed E-state index contributed by atoms with van der Waals surface area (Å²) in [5.41, 5.74) is 1.29. The molecule has 2 fully saturated rings. The molecule has 0 unspecified atom stereocenters. The molecule has 8 heteroatoms. The first-order chi connectivity index (χ1) is 17.5. The molecule has 8 nitrogen and oxygen atoms in total. The quantitative estimate of drug-likeness (QED) is 0.307. The van der Waals surface area contributed by atoms with E-state index in [-0.39, 0.29) is 11.3 Å². The molecule has 2 saturated heterocycles. The van der Waals surface area contributed by atoms with Crippen LogP contribution in [0.15, 0.2) is 54.1 Å². The molecule has 0 aromatic heterocycles. The van der Waals surface area contributed by atoms with E-state index in [0.29, 0.717) is 56.6 Å². The number of Topliss-reactive ketones (excluding diaryl/α,β-unsaturated/α-hetero) is 1. The Morgan fingerprint density at radius 2 is 1.58 bits per heavy atom. The summed E-state index contributed by atoms with van der Waals surface area (Å²) in [4.78, 5) is 30.2. The lowest BCUT2D eigenvalue weighted by atomic mass is 9.95. The maximum atomic E-state index is 13.3. The van der Waals surface area contributed by atoms with Gasteiger partial charge in [0.05, 0.1) is 38.0 Å². The highest BCUT2D eigenvalue weighted by Gasteiger charge is 2.46. The Bertz CT molecular complexity index is 1070. The Kier molecular flexibility index (Phi) is 8.61. The highest BCUT2D eigenvalue weighted by atomic mass is 16.5. The number of rotatable bonds is 10. The van der Waals surface area contributed by atoms with Gasteiger partial charge in [0.15, 0.2) is 0 Å². The minimum absolute atomic E-state index is 0.0911. The number of carbonyl (C=O) groups is 2. The van der Waals surface area contributed by atoms with E-state index < -0.39 is 17.7 Å². The molecule has 2 aliphatic heterocycles. The average molecular weight is 495 g/mol. The number of aliphatic hydroxyl groups excluding tert-OH is 1. The topological polar surface area (TPSA) is 88.5 Å². The molecule has 1 amide bonds. The van der Waals surface area contributed by atoms with Crippen molar-refractivity contribution in [3.63, 3.8) is 0 Å². The number of benzene rings is 2. The van der Waals surface area contributed by atoms with Gasteiger partial charge in [0, 0.05) is 31.7 Å². The van der Waals surface area contributed by atoms with Crippen molar-refractivity contribution in [1.29, 1.82) is 0 Å². The van der Waals surface area contributed by atoms with Crippen molar-refractivity contribution >= 4 is 17.4 Å². The average Bonchev–Trinajstić information content (AvgIpc) is 3.17. The predicted octanol–water partition coefficient (Wildman–Crippen LogP) is 3.63. The smallest absolute Gasteiger partial charge is 0.295 e. The maximum absolute atomic E-state index is 13.3. The number of aliphatic hydroxyl groups is 1. The van der Waals surface area contributed by atoms with Gasteiger partial charge < -0.3 is 24.2 Å². The standard InChI is InChI=1S/C28H34N2O6/c1-3-17-36-23-11-7-21(8-12-23)26(31)24-25(20-5-9-22(10-6-20)35-4-2)30(28(33)27(24)32)14-13-29-15-18-34-19-16-29/h5-12,25,31H,3-4,13-19H2,1-2H3/t25-/m0/s1. The van der Waals surface area contributed by atoms with E-state index in [4.69, 9.17) is 14.2 Å². The van der Waals surface area contributed by atoms with E-state index in [1.807, 2.05) is 38.1 Å². The number of likely N-dealkylation sites (tertiary alicyclic amines) is 1. The van der Waals surface area contributed by atoms with Crippen LogP contribution >= 0.6 is 0 Å². The number of hydrogen-bond donors (Lipinski definition) is 1. The second-order valence-electron chi connectivity index (χ2n) is 8.82. The van der Waals surface area contributed by atoms with E-state index in [1.165, 1.54) is 0 Å². The first-order valence-electron chi connectivity index (χ1n) is 12.6. The van der Waals surface area contributed by atoms with Crippen LogP contribution in [-0.4, -0.2) is 79.2 Å². The first kappa shape index (κ1) is 25.7. The number of ether oxygens (including phenoxy) is 3. The number of carbonyl (C=O) groups excluding carboxylic acids is 2. The van der Waals surface area contributed by atoms with Crippen molar-refractivity contribution in [1.82, 2.24) is 9.80 Å². The molecule has 36 heavy (non-hydrogen) atoms. The lowest BCUT2D eigenvalue weighted by Crippen LogP contribution is -2.42. The largest absolute Gasteiger partial charge is 0.507 e. The fourth-order valence-electron chi connectivity index (χ4n) is 4.53. The molecular weight excluding hydrogens is 460 g/mol. The Morgan fingerprint density at radius 3 is 2.22 bits per heavy atom. The van der Waals surface area contributed by atoms with E-state index in [0.717, 1.165) is 25.1 Å². The monoisotopic (exact) mass is 494 g/mol. The summed E-state index contributed by atoms with van der Waals surface area (Å²) < 4.78 is 16.6. The molecule has 2 aromatic rings. The van der Waals surface area contributed by atoms with Gasteiger partial charge in [-0.3, -0.25) is 14.5 Å². The second kappa shape index (κ2) is 12.1. The lowest BCUT2D eigenvalue weighted by Gasteiger charge is -2.31.